The molecule has 0 saturated carbocycles. The molecule has 1 aromatic heterocycles. The van der Waals surface area contributed by atoms with Gasteiger partial charge in [0.05, 0.1) is 11.5 Å². The standard InChI is InChI=1S/C18H17F7N2O2/c19-9-5-15(12(3-4-28)17(20,21)22)27(8-9)10-1-2-14-11(6-10)13(18(23,24)25)7-16(29)26-14/h1-2,6-7,9,12,15,28H,3-5,8H2,(H,26,29)/t9-,12-,15+/m0/s1. The number of H-pyrrole nitrogens is 1. The van der Waals surface area contributed by atoms with Crippen LogP contribution in [0.3, 0.4) is 0 Å². The Morgan fingerprint density at radius 1 is 1.17 bits per heavy atom. The second-order valence-electron chi connectivity index (χ2n) is 6.99. The summed E-state index contributed by atoms with van der Waals surface area (Å²) in [5.74, 6) is -2.04. The fourth-order valence-corrected chi connectivity index (χ4v) is 3.86. The highest BCUT2D eigenvalue weighted by molar-refractivity contribution is 5.86. The molecule has 3 atom stereocenters. The SMILES string of the molecule is O=c1cc(C(F)(F)F)c2cc(N3C[C@@H](F)C[C@@H]3[C@H](CCO)C(F)(F)F)ccc2[nH]1. The Bertz CT molecular complexity index is 938. The lowest BCUT2D eigenvalue weighted by atomic mass is 9.93. The van der Waals surface area contributed by atoms with E-state index in [1.807, 2.05) is 0 Å². The Morgan fingerprint density at radius 2 is 1.86 bits per heavy atom. The van der Waals surface area contributed by atoms with Crippen LogP contribution in [0.15, 0.2) is 29.1 Å². The molecule has 0 unspecified atom stereocenters. The van der Waals surface area contributed by atoms with Crippen LogP contribution in [-0.2, 0) is 6.18 Å². The molecule has 4 nitrogen and oxygen atoms in total. The largest absolute Gasteiger partial charge is 0.417 e. The van der Waals surface area contributed by atoms with Crippen LogP contribution in [0.25, 0.3) is 10.9 Å². The van der Waals surface area contributed by atoms with Crippen molar-refractivity contribution >= 4 is 16.6 Å². The van der Waals surface area contributed by atoms with Crippen molar-refractivity contribution in [3.63, 3.8) is 0 Å². The maximum Gasteiger partial charge on any atom is 0.417 e. The third-order valence-corrected chi connectivity index (χ3v) is 5.08. The van der Waals surface area contributed by atoms with Gasteiger partial charge >= 0.3 is 12.4 Å². The van der Waals surface area contributed by atoms with Gasteiger partial charge in [-0.3, -0.25) is 4.79 Å². The second kappa shape index (κ2) is 7.51. The quantitative estimate of drug-likeness (QED) is 0.727. The van der Waals surface area contributed by atoms with Crippen molar-refractivity contribution in [2.75, 3.05) is 18.1 Å². The maximum absolute atomic E-state index is 14.0. The van der Waals surface area contributed by atoms with Gasteiger partial charge in [-0.15, -0.1) is 0 Å². The van der Waals surface area contributed by atoms with Crippen molar-refractivity contribution in [3.8, 4) is 0 Å². The summed E-state index contributed by atoms with van der Waals surface area (Å²) in [6.07, 6.45) is -12.3. The highest BCUT2D eigenvalue weighted by Gasteiger charge is 2.49. The van der Waals surface area contributed by atoms with E-state index in [1.54, 1.807) is 0 Å². The number of aromatic nitrogens is 1. The number of nitrogens with zero attached hydrogens (tertiary/aromatic N) is 1. The maximum atomic E-state index is 14.0. The minimum Gasteiger partial charge on any atom is -0.396 e. The average molecular weight is 426 g/mol. The number of aliphatic hydroxyl groups is 1. The van der Waals surface area contributed by atoms with E-state index in [4.69, 9.17) is 5.11 Å². The molecule has 2 N–H and O–H groups in total. The van der Waals surface area contributed by atoms with Gasteiger partial charge in [0, 0.05) is 48.3 Å². The summed E-state index contributed by atoms with van der Waals surface area (Å²) in [7, 11) is 0. The molecule has 160 valence electrons. The molecule has 0 bridgehead atoms. The fourth-order valence-electron chi connectivity index (χ4n) is 3.86. The highest BCUT2D eigenvalue weighted by Crippen LogP contribution is 2.42. The third kappa shape index (κ3) is 4.34. The van der Waals surface area contributed by atoms with Gasteiger partial charge in [0.15, 0.2) is 0 Å². The highest BCUT2D eigenvalue weighted by atomic mass is 19.4. The molecule has 0 radical (unpaired) electrons. The minimum atomic E-state index is -4.86. The van der Waals surface area contributed by atoms with Crippen LogP contribution < -0.4 is 10.5 Å². The Kier molecular flexibility index (Phi) is 5.54. The van der Waals surface area contributed by atoms with Gasteiger partial charge in [-0.1, -0.05) is 0 Å². The van der Waals surface area contributed by atoms with E-state index in [2.05, 4.69) is 4.98 Å². The Labute approximate surface area is 159 Å². The number of halogens is 7. The molecular weight excluding hydrogens is 409 g/mol. The van der Waals surface area contributed by atoms with E-state index in [-0.39, 0.29) is 11.2 Å². The predicted octanol–water partition coefficient (Wildman–Crippen LogP) is 4.02. The lowest BCUT2D eigenvalue weighted by Gasteiger charge is -2.34. The van der Waals surface area contributed by atoms with E-state index in [0.29, 0.717) is 6.07 Å². The summed E-state index contributed by atoms with van der Waals surface area (Å²) in [4.78, 5) is 14.8. The van der Waals surface area contributed by atoms with Gasteiger partial charge in [0.2, 0.25) is 5.56 Å². The summed E-state index contributed by atoms with van der Waals surface area (Å²) in [6.45, 7) is -1.18. The zero-order valence-electron chi connectivity index (χ0n) is 14.8. The van der Waals surface area contributed by atoms with E-state index < -0.39 is 73.0 Å². The molecule has 11 heteroatoms. The van der Waals surface area contributed by atoms with Crippen molar-refractivity contribution in [1.29, 1.82) is 0 Å². The molecule has 0 aliphatic carbocycles. The van der Waals surface area contributed by atoms with Crippen molar-refractivity contribution in [1.82, 2.24) is 4.98 Å². The van der Waals surface area contributed by atoms with Gasteiger partial charge in [-0.05, 0) is 24.6 Å². The number of alkyl halides is 7. The second-order valence-corrected chi connectivity index (χ2v) is 6.99. The number of benzene rings is 1. The van der Waals surface area contributed by atoms with E-state index in [0.717, 1.165) is 17.0 Å². The van der Waals surface area contributed by atoms with Crippen molar-refractivity contribution in [2.24, 2.45) is 5.92 Å². The number of rotatable bonds is 4. The number of hydrogen-bond donors (Lipinski definition) is 2. The summed E-state index contributed by atoms with van der Waals surface area (Å²) in [5.41, 5.74) is -2.36. The van der Waals surface area contributed by atoms with Crippen molar-refractivity contribution in [3.05, 3.63) is 40.2 Å². The smallest absolute Gasteiger partial charge is 0.396 e. The number of aromatic amines is 1. The predicted molar refractivity (Wildman–Crippen MR) is 91.5 cm³/mol. The summed E-state index contributed by atoms with van der Waals surface area (Å²) in [5, 5.41) is 8.60. The van der Waals surface area contributed by atoms with Gasteiger partial charge < -0.3 is 15.0 Å². The molecule has 0 spiro atoms. The average Bonchev–Trinajstić information content (AvgIpc) is 2.97. The van der Waals surface area contributed by atoms with Gasteiger partial charge in [0.25, 0.3) is 0 Å². The number of pyridine rings is 1. The van der Waals surface area contributed by atoms with Crippen LogP contribution in [0.5, 0.6) is 0 Å². The number of nitrogens with one attached hydrogen (secondary N) is 1. The zero-order chi connectivity index (χ0) is 21.6. The summed E-state index contributed by atoms with van der Waals surface area (Å²) < 4.78 is 94.3. The van der Waals surface area contributed by atoms with Crippen molar-refractivity contribution in [2.45, 2.75) is 37.4 Å². The fraction of sp³-hybridized carbons (Fsp3) is 0.500. The molecular formula is C18H17F7N2O2. The van der Waals surface area contributed by atoms with Crippen LogP contribution in [0.2, 0.25) is 0 Å². The summed E-state index contributed by atoms with van der Waals surface area (Å²) in [6, 6.07) is 2.40. The number of aliphatic hydroxyl groups excluding tert-OH is 1. The van der Waals surface area contributed by atoms with E-state index in [9.17, 15) is 35.5 Å². The molecule has 1 aromatic carbocycles. The molecule has 3 rings (SSSR count). The lowest BCUT2D eigenvalue weighted by molar-refractivity contribution is -0.183. The van der Waals surface area contributed by atoms with Crippen LogP contribution in [0, 0.1) is 5.92 Å². The van der Waals surface area contributed by atoms with Gasteiger partial charge in [-0.2, -0.15) is 26.3 Å². The molecule has 1 aliphatic heterocycles. The molecule has 2 heterocycles. The molecule has 0 amide bonds. The third-order valence-electron chi connectivity index (χ3n) is 5.08. The molecule has 2 aromatic rings. The molecule has 1 fully saturated rings. The Hall–Kier alpha value is -2.30. The molecule has 29 heavy (non-hydrogen) atoms. The van der Waals surface area contributed by atoms with Crippen LogP contribution >= 0.6 is 0 Å². The number of hydrogen-bond acceptors (Lipinski definition) is 3. The number of anilines is 1. The van der Waals surface area contributed by atoms with Gasteiger partial charge in [-0.25, -0.2) is 4.39 Å². The first-order chi connectivity index (χ1) is 13.4. The van der Waals surface area contributed by atoms with Crippen LogP contribution in [-0.4, -0.2) is 41.6 Å². The molecule has 1 aliphatic rings. The number of fused-ring (bicyclic) bond motifs is 1. The first-order valence-corrected chi connectivity index (χ1v) is 8.74. The minimum absolute atomic E-state index is 0.0209. The Balaban J connectivity index is 2.10. The van der Waals surface area contributed by atoms with Crippen LogP contribution in [0.4, 0.5) is 36.4 Å². The topological polar surface area (TPSA) is 56.3 Å². The summed E-state index contributed by atoms with van der Waals surface area (Å²) >= 11 is 0. The van der Waals surface area contributed by atoms with Crippen LogP contribution in [0.1, 0.15) is 18.4 Å². The first-order valence-electron chi connectivity index (χ1n) is 8.74. The molecule has 1 saturated heterocycles. The van der Waals surface area contributed by atoms with Crippen molar-refractivity contribution < 1.29 is 35.8 Å². The first kappa shape index (κ1) is 21.4. The monoisotopic (exact) mass is 426 g/mol. The van der Waals surface area contributed by atoms with Gasteiger partial charge in [0.1, 0.15) is 6.17 Å². The zero-order valence-corrected chi connectivity index (χ0v) is 14.8. The normalized spacial score (nSPS) is 21.7. The van der Waals surface area contributed by atoms with E-state index in [1.165, 1.54) is 6.07 Å². The Morgan fingerprint density at radius 3 is 2.45 bits per heavy atom. The lowest BCUT2D eigenvalue weighted by Crippen LogP contribution is -2.43. The van der Waals surface area contributed by atoms with E-state index >= 15 is 0 Å².